The van der Waals surface area contributed by atoms with Crippen molar-refractivity contribution in [1.29, 1.82) is 0 Å². The summed E-state index contributed by atoms with van der Waals surface area (Å²) in [4.78, 5) is 14.8. The average molecular weight is 395 g/mol. The van der Waals surface area contributed by atoms with Crippen LogP contribution in [0.2, 0.25) is 0 Å². The van der Waals surface area contributed by atoms with Crippen molar-refractivity contribution in [2.75, 3.05) is 26.2 Å². The molecule has 0 aromatic heterocycles. The quantitative estimate of drug-likeness (QED) is 0.847. The molecule has 2 N–H and O–H groups in total. The molecule has 1 atom stereocenters. The van der Waals surface area contributed by atoms with Crippen molar-refractivity contribution in [2.45, 2.75) is 44.6 Å². The molecule has 1 saturated heterocycles. The van der Waals surface area contributed by atoms with Crippen molar-refractivity contribution in [2.24, 2.45) is 11.1 Å². The van der Waals surface area contributed by atoms with E-state index in [1.165, 1.54) is 19.3 Å². The lowest BCUT2D eigenvalue weighted by atomic mass is 9.71. The van der Waals surface area contributed by atoms with Gasteiger partial charge in [-0.15, -0.1) is 0 Å². The van der Waals surface area contributed by atoms with Gasteiger partial charge in [0.1, 0.15) is 6.10 Å². The van der Waals surface area contributed by atoms with Gasteiger partial charge in [-0.3, -0.25) is 4.79 Å². The summed E-state index contributed by atoms with van der Waals surface area (Å²) >= 11 is 3.46. The minimum absolute atomic E-state index is 0.0285. The zero-order valence-corrected chi connectivity index (χ0v) is 15.8. The summed E-state index contributed by atoms with van der Waals surface area (Å²) in [5, 5.41) is 0. The Morgan fingerprint density at radius 1 is 1.25 bits per heavy atom. The molecule has 1 aliphatic carbocycles. The first kappa shape index (κ1) is 17.9. The SMILES string of the molecule is NCC1(CC(=O)N2CCOC(c3ccc(Br)cc3)C2)CCCCC1. The number of nitrogens with two attached hydrogens (primary N) is 1. The molecule has 132 valence electrons. The smallest absolute Gasteiger partial charge is 0.223 e. The van der Waals surface area contributed by atoms with Gasteiger partial charge >= 0.3 is 0 Å². The van der Waals surface area contributed by atoms with E-state index in [1.807, 2.05) is 17.0 Å². The Morgan fingerprint density at radius 3 is 2.62 bits per heavy atom. The summed E-state index contributed by atoms with van der Waals surface area (Å²) in [5.74, 6) is 0.243. The Balaban J connectivity index is 1.63. The van der Waals surface area contributed by atoms with E-state index < -0.39 is 0 Å². The number of hydrogen-bond acceptors (Lipinski definition) is 3. The number of ether oxygens (including phenoxy) is 1. The van der Waals surface area contributed by atoms with E-state index >= 15 is 0 Å². The van der Waals surface area contributed by atoms with Crippen LogP contribution in [0, 0.1) is 5.41 Å². The number of nitrogens with zero attached hydrogens (tertiary/aromatic N) is 1. The maximum absolute atomic E-state index is 12.9. The molecule has 24 heavy (non-hydrogen) atoms. The topological polar surface area (TPSA) is 55.6 Å². The van der Waals surface area contributed by atoms with Crippen LogP contribution in [0.4, 0.5) is 0 Å². The van der Waals surface area contributed by atoms with Gasteiger partial charge in [0.25, 0.3) is 0 Å². The van der Waals surface area contributed by atoms with Gasteiger partial charge in [-0.05, 0) is 42.5 Å². The van der Waals surface area contributed by atoms with Crippen LogP contribution in [0.5, 0.6) is 0 Å². The molecule has 5 heteroatoms. The zero-order chi connectivity index (χ0) is 17.0. The fraction of sp³-hybridized carbons (Fsp3) is 0.632. The summed E-state index contributed by atoms with van der Waals surface area (Å²) in [6.45, 7) is 2.55. The van der Waals surface area contributed by atoms with E-state index in [0.29, 0.717) is 32.7 Å². The molecule has 1 unspecified atom stereocenters. The maximum Gasteiger partial charge on any atom is 0.223 e. The molecular formula is C19H27BrN2O2. The van der Waals surface area contributed by atoms with Crippen molar-refractivity contribution in [3.63, 3.8) is 0 Å². The first-order valence-corrected chi connectivity index (χ1v) is 9.76. The second kappa shape index (κ2) is 7.98. The molecule has 1 aliphatic heterocycles. The number of halogens is 1. The number of hydrogen-bond donors (Lipinski definition) is 1. The van der Waals surface area contributed by atoms with Crippen LogP contribution in [0.15, 0.2) is 28.7 Å². The van der Waals surface area contributed by atoms with Crippen LogP contribution >= 0.6 is 15.9 Å². The Kier molecular flexibility index (Phi) is 5.95. The predicted molar refractivity (Wildman–Crippen MR) is 98.6 cm³/mol. The van der Waals surface area contributed by atoms with E-state index in [9.17, 15) is 4.79 Å². The van der Waals surface area contributed by atoms with E-state index in [1.54, 1.807) is 0 Å². The third-order valence-electron chi connectivity index (χ3n) is 5.53. The van der Waals surface area contributed by atoms with Crippen LogP contribution < -0.4 is 5.73 Å². The first-order valence-electron chi connectivity index (χ1n) is 8.97. The fourth-order valence-electron chi connectivity index (χ4n) is 3.94. The van der Waals surface area contributed by atoms with Crippen molar-refractivity contribution in [1.82, 2.24) is 4.90 Å². The molecule has 2 fully saturated rings. The molecule has 0 radical (unpaired) electrons. The van der Waals surface area contributed by atoms with Gasteiger partial charge in [0.05, 0.1) is 13.2 Å². The van der Waals surface area contributed by atoms with E-state index in [2.05, 4.69) is 28.1 Å². The van der Waals surface area contributed by atoms with E-state index in [-0.39, 0.29) is 17.4 Å². The molecular weight excluding hydrogens is 368 g/mol. The standard InChI is InChI=1S/C19H27BrN2O2/c20-16-6-4-15(5-7-16)17-13-22(10-11-24-17)18(23)12-19(14-21)8-2-1-3-9-19/h4-7,17H,1-3,8-14,21H2. The normalized spacial score (nSPS) is 23.9. The lowest BCUT2D eigenvalue weighted by molar-refractivity contribution is -0.142. The van der Waals surface area contributed by atoms with Gasteiger partial charge in [0, 0.05) is 17.4 Å². The molecule has 1 amide bonds. The van der Waals surface area contributed by atoms with Gasteiger partial charge in [0.2, 0.25) is 5.91 Å². The highest BCUT2D eigenvalue weighted by atomic mass is 79.9. The van der Waals surface area contributed by atoms with Gasteiger partial charge < -0.3 is 15.4 Å². The largest absolute Gasteiger partial charge is 0.370 e. The number of amides is 1. The molecule has 1 heterocycles. The molecule has 1 saturated carbocycles. The van der Waals surface area contributed by atoms with Crippen molar-refractivity contribution in [3.8, 4) is 0 Å². The third kappa shape index (κ3) is 4.19. The predicted octanol–water partition coefficient (Wildman–Crippen LogP) is 3.65. The molecule has 0 bridgehead atoms. The second-order valence-electron chi connectivity index (χ2n) is 7.19. The fourth-order valence-corrected chi connectivity index (χ4v) is 4.21. The van der Waals surface area contributed by atoms with Crippen LogP contribution in [-0.4, -0.2) is 37.0 Å². The number of morpholine rings is 1. The zero-order valence-electron chi connectivity index (χ0n) is 14.2. The van der Waals surface area contributed by atoms with Gasteiger partial charge in [-0.1, -0.05) is 47.3 Å². The van der Waals surface area contributed by atoms with Crippen molar-refractivity contribution >= 4 is 21.8 Å². The minimum Gasteiger partial charge on any atom is -0.370 e. The van der Waals surface area contributed by atoms with Gasteiger partial charge in [0.15, 0.2) is 0 Å². The Bertz CT molecular complexity index is 555. The molecule has 3 rings (SSSR count). The highest BCUT2D eigenvalue weighted by Gasteiger charge is 2.35. The van der Waals surface area contributed by atoms with Crippen LogP contribution in [-0.2, 0) is 9.53 Å². The van der Waals surface area contributed by atoms with Crippen LogP contribution in [0.25, 0.3) is 0 Å². The second-order valence-corrected chi connectivity index (χ2v) is 8.11. The van der Waals surface area contributed by atoms with E-state index in [4.69, 9.17) is 10.5 Å². The molecule has 0 spiro atoms. The minimum atomic E-state index is -0.0315. The number of carbonyl (C=O) groups is 1. The van der Waals surface area contributed by atoms with Gasteiger partial charge in [-0.25, -0.2) is 0 Å². The molecule has 1 aromatic rings. The van der Waals surface area contributed by atoms with E-state index in [0.717, 1.165) is 22.9 Å². The highest BCUT2D eigenvalue weighted by Crippen LogP contribution is 2.39. The number of carbonyl (C=O) groups excluding carboxylic acids is 1. The molecule has 4 nitrogen and oxygen atoms in total. The Morgan fingerprint density at radius 2 is 1.96 bits per heavy atom. The van der Waals surface area contributed by atoms with Crippen LogP contribution in [0.3, 0.4) is 0 Å². The maximum atomic E-state index is 12.9. The summed E-state index contributed by atoms with van der Waals surface area (Å²) in [5.41, 5.74) is 7.20. The number of benzene rings is 1. The third-order valence-corrected chi connectivity index (χ3v) is 6.06. The van der Waals surface area contributed by atoms with Gasteiger partial charge in [-0.2, -0.15) is 0 Å². The average Bonchev–Trinajstić information content (AvgIpc) is 2.63. The lowest BCUT2D eigenvalue weighted by Gasteiger charge is -2.39. The Hall–Kier alpha value is -0.910. The van der Waals surface area contributed by atoms with Crippen molar-refractivity contribution < 1.29 is 9.53 Å². The number of rotatable bonds is 4. The Labute approximate surface area is 152 Å². The summed E-state index contributed by atoms with van der Waals surface area (Å²) in [7, 11) is 0. The highest BCUT2D eigenvalue weighted by molar-refractivity contribution is 9.10. The summed E-state index contributed by atoms with van der Waals surface area (Å²) in [6, 6.07) is 8.16. The summed E-state index contributed by atoms with van der Waals surface area (Å²) in [6.07, 6.45) is 6.43. The monoisotopic (exact) mass is 394 g/mol. The molecule has 2 aliphatic rings. The summed E-state index contributed by atoms with van der Waals surface area (Å²) < 4.78 is 6.94. The van der Waals surface area contributed by atoms with Crippen LogP contribution in [0.1, 0.15) is 50.2 Å². The molecule has 1 aromatic carbocycles. The first-order chi connectivity index (χ1) is 11.6. The van der Waals surface area contributed by atoms with Crippen molar-refractivity contribution in [3.05, 3.63) is 34.3 Å². The lowest BCUT2D eigenvalue weighted by Crippen LogP contribution is -2.45.